The summed E-state index contributed by atoms with van der Waals surface area (Å²) < 4.78 is 9.87. The van der Waals surface area contributed by atoms with Gasteiger partial charge in [0.25, 0.3) is 0 Å². The number of nitrogens with one attached hydrogen (secondary N) is 2. The third-order valence-electron chi connectivity index (χ3n) is 4.35. The summed E-state index contributed by atoms with van der Waals surface area (Å²) in [6, 6.07) is 16.4. The Balaban J connectivity index is 1.44. The third-order valence-corrected chi connectivity index (χ3v) is 5.50. The number of rotatable bonds is 9. The van der Waals surface area contributed by atoms with Crippen molar-refractivity contribution in [3.05, 3.63) is 76.1 Å². The lowest BCUT2D eigenvalue weighted by molar-refractivity contribution is -0.128. The second-order valence-corrected chi connectivity index (χ2v) is 8.06. The molecule has 3 aromatic rings. The molecule has 0 bridgehead atoms. The summed E-state index contributed by atoms with van der Waals surface area (Å²) >= 11 is 7.54. The van der Waals surface area contributed by atoms with Crippen molar-refractivity contribution >= 4 is 46.4 Å². The van der Waals surface area contributed by atoms with Crippen LogP contribution < -0.4 is 10.6 Å². The van der Waals surface area contributed by atoms with Gasteiger partial charge in [-0.05, 0) is 46.8 Å². The fourth-order valence-electron chi connectivity index (χ4n) is 2.86. The van der Waals surface area contributed by atoms with E-state index in [0.717, 1.165) is 16.0 Å². The van der Waals surface area contributed by atoms with Crippen molar-refractivity contribution < 1.29 is 23.9 Å². The molecule has 0 saturated heterocycles. The summed E-state index contributed by atoms with van der Waals surface area (Å²) in [4.78, 5) is 37.2. The largest absolute Gasteiger partial charge is 0.465 e. The number of ether oxygens (including phenoxy) is 2. The highest BCUT2D eigenvalue weighted by atomic mass is 35.5. The van der Waals surface area contributed by atoms with E-state index in [1.807, 2.05) is 41.8 Å². The number of anilines is 1. The Morgan fingerprint density at radius 2 is 1.81 bits per heavy atom. The number of thiophene rings is 1. The van der Waals surface area contributed by atoms with Gasteiger partial charge in [0.1, 0.15) is 13.2 Å². The number of benzene rings is 2. The average Bonchev–Trinajstić information content (AvgIpc) is 3.33. The SMILES string of the molecule is COC(=O)c1cc(Cl)ccc1NC(=O)COCC(=O)NCc1cccc(-c2cccs2)c1. The van der Waals surface area contributed by atoms with Crippen LogP contribution in [0.5, 0.6) is 0 Å². The normalized spacial score (nSPS) is 10.4. The molecule has 1 aromatic heterocycles. The van der Waals surface area contributed by atoms with Crippen LogP contribution in [0.3, 0.4) is 0 Å². The Morgan fingerprint density at radius 1 is 1.00 bits per heavy atom. The monoisotopic (exact) mass is 472 g/mol. The molecule has 1 heterocycles. The molecule has 0 spiro atoms. The molecular weight excluding hydrogens is 452 g/mol. The van der Waals surface area contributed by atoms with Gasteiger partial charge in [0.05, 0.1) is 18.4 Å². The molecule has 2 N–H and O–H groups in total. The van der Waals surface area contributed by atoms with Crippen LogP contribution in [0, 0.1) is 0 Å². The van der Waals surface area contributed by atoms with Crippen LogP contribution in [0.4, 0.5) is 5.69 Å². The van der Waals surface area contributed by atoms with E-state index in [0.29, 0.717) is 11.6 Å². The van der Waals surface area contributed by atoms with E-state index in [4.69, 9.17) is 16.3 Å². The minimum Gasteiger partial charge on any atom is -0.465 e. The van der Waals surface area contributed by atoms with Crippen LogP contribution >= 0.6 is 22.9 Å². The second kappa shape index (κ2) is 11.4. The highest BCUT2D eigenvalue weighted by Gasteiger charge is 2.15. The first-order valence-corrected chi connectivity index (χ1v) is 10.9. The van der Waals surface area contributed by atoms with Crippen LogP contribution in [0.1, 0.15) is 15.9 Å². The van der Waals surface area contributed by atoms with Crippen molar-refractivity contribution in [1.82, 2.24) is 5.32 Å². The lowest BCUT2D eigenvalue weighted by Crippen LogP contribution is -2.29. The van der Waals surface area contributed by atoms with E-state index in [2.05, 4.69) is 15.4 Å². The molecule has 7 nitrogen and oxygen atoms in total. The topological polar surface area (TPSA) is 93.7 Å². The van der Waals surface area contributed by atoms with Gasteiger partial charge in [0.15, 0.2) is 0 Å². The van der Waals surface area contributed by atoms with E-state index in [1.165, 1.54) is 25.3 Å². The first kappa shape index (κ1) is 23.5. The van der Waals surface area contributed by atoms with Crippen LogP contribution in [0.15, 0.2) is 60.0 Å². The Bertz CT molecular complexity index is 1100. The zero-order valence-corrected chi connectivity index (χ0v) is 18.8. The van der Waals surface area contributed by atoms with Crippen LogP contribution in [-0.2, 0) is 25.6 Å². The number of halogens is 1. The summed E-state index contributed by atoms with van der Waals surface area (Å²) in [6.07, 6.45) is 0. The average molecular weight is 473 g/mol. The maximum atomic E-state index is 12.1. The fraction of sp³-hybridized carbons (Fsp3) is 0.174. The molecule has 0 aliphatic rings. The molecule has 9 heteroatoms. The lowest BCUT2D eigenvalue weighted by Gasteiger charge is -2.11. The van der Waals surface area contributed by atoms with Gasteiger partial charge in [-0.25, -0.2) is 4.79 Å². The number of carbonyl (C=O) groups is 3. The zero-order valence-electron chi connectivity index (χ0n) is 17.2. The van der Waals surface area contributed by atoms with Crippen LogP contribution in [-0.4, -0.2) is 38.1 Å². The molecule has 166 valence electrons. The van der Waals surface area contributed by atoms with Crippen molar-refractivity contribution in [3.8, 4) is 10.4 Å². The molecule has 0 fully saturated rings. The minimum atomic E-state index is -0.633. The van der Waals surface area contributed by atoms with Gasteiger partial charge in [-0.15, -0.1) is 11.3 Å². The molecule has 32 heavy (non-hydrogen) atoms. The zero-order chi connectivity index (χ0) is 22.9. The van der Waals surface area contributed by atoms with Gasteiger partial charge >= 0.3 is 5.97 Å². The van der Waals surface area contributed by atoms with Crippen molar-refractivity contribution in [3.63, 3.8) is 0 Å². The van der Waals surface area contributed by atoms with E-state index < -0.39 is 11.9 Å². The molecule has 0 radical (unpaired) electrons. The predicted octanol–water partition coefficient (Wildman–Crippen LogP) is 4.13. The van der Waals surface area contributed by atoms with Crippen LogP contribution in [0.2, 0.25) is 5.02 Å². The summed E-state index contributed by atoms with van der Waals surface area (Å²) in [5, 5.41) is 7.66. The second-order valence-electron chi connectivity index (χ2n) is 6.68. The molecular formula is C23H21ClN2O5S. The maximum absolute atomic E-state index is 12.1. The summed E-state index contributed by atoms with van der Waals surface area (Å²) in [5.41, 5.74) is 2.41. The van der Waals surface area contributed by atoms with Gasteiger partial charge < -0.3 is 20.1 Å². The van der Waals surface area contributed by atoms with Gasteiger partial charge in [0, 0.05) is 16.4 Å². The fourth-order valence-corrected chi connectivity index (χ4v) is 3.75. The van der Waals surface area contributed by atoms with Crippen LogP contribution in [0.25, 0.3) is 10.4 Å². The van der Waals surface area contributed by atoms with Gasteiger partial charge in [-0.2, -0.15) is 0 Å². The van der Waals surface area contributed by atoms with E-state index in [-0.39, 0.29) is 30.4 Å². The third kappa shape index (κ3) is 6.65. The number of carbonyl (C=O) groups excluding carboxylic acids is 3. The molecule has 2 aromatic carbocycles. The highest BCUT2D eigenvalue weighted by Crippen LogP contribution is 2.25. The standard InChI is InChI=1S/C23H21ClN2O5S/c1-30-23(29)18-11-17(24)7-8-19(18)26-22(28)14-31-13-21(27)25-12-15-4-2-5-16(10-15)20-6-3-9-32-20/h2-11H,12-14H2,1H3,(H,25,27)(H,26,28). The number of esters is 1. The van der Waals surface area contributed by atoms with Crippen molar-refractivity contribution in [2.24, 2.45) is 0 Å². The number of methoxy groups -OCH3 is 1. The summed E-state index contributed by atoms with van der Waals surface area (Å²) in [5.74, 6) is -1.50. The first-order chi connectivity index (χ1) is 15.5. The van der Waals surface area contributed by atoms with Gasteiger partial charge in [0.2, 0.25) is 11.8 Å². The quantitative estimate of drug-likeness (QED) is 0.457. The van der Waals surface area contributed by atoms with Crippen molar-refractivity contribution in [2.45, 2.75) is 6.54 Å². The van der Waals surface area contributed by atoms with Crippen molar-refractivity contribution in [2.75, 3.05) is 25.6 Å². The molecule has 0 unspecified atom stereocenters. The molecule has 0 aliphatic heterocycles. The smallest absolute Gasteiger partial charge is 0.340 e. The van der Waals surface area contributed by atoms with Gasteiger partial charge in [-0.1, -0.05) is 35.9 Å². The molecule has 0 atom stereocenters. The lowest BCUT2D eigenvalue weighted by atomic mass is 10.1. The van der Waals surface area contributed by atoms with Crippen molar-refractivity contribution in [1.29, 1.82) is 0 Å². The number of hydrogen-bond donors (Lipinski definition) is 2. The molecule has 0 saturated carbocycles. The Kier molecular flexibility index (Phi) is 8.38. The van der Waals surface area contributed by atoms with E-state index in [1.54, 1.807) is 11.3 Å². The maximum Gasteiger partial charge on any atom is 0.340 e. The number of hydrogen-bond acceptors (Lipinski definition) is 6. The Hall–Kier alpha value is -3.20. The summed E-state index contributed by atoms with van der Waals surface area (Å²) in [6.45, 7) is -0.284. The van der Waals surface area contributed by atoms with E-state index >= 15 is 0 Å². The van der Waals surface area contributed by atoms with E-state index in [9.17, 15) is 14.4 Å². The van der Waals surface area contributed by atoms with Gasteiger partial charge in [-0.3, -0.25) is 9.59 Å². The number of amides is 2. The predicted molar refractivity (Wildman–Crippen MR) is 124 cm³/mol. The first-order valence-electron chi connectivity index (χ1n) is 9.61. The Morgan fingerprint density at radius 3 is 2.56 bits per heavy atom. The molecule has 3 rings (SSSR count). The summed E-state index contributed by atoms with van der Waals surface area (Å²) in [7, 11) is 1.23. The minimum absolute atomic E-state index is 0.121. The molecule has 0 aliphatic carbocycles. The molecule has 2 amide bonds. The highest BCUT2D eigenvalue weighted by molar-refractivity contribution is 7.13. The Labute approximate surface area is 194 Å².